The van der Waals surface area contributed by atoms with Gasteiger partial charge in [-0.2, -0.15) is 18.2 Å². The second kappa shape index (κ2) is 12.6. The lowest BCUT2D eigenvalue weighted by molar-refractivity contribution is 0.217. The van der Waals surface area contributed by atoms with E-state index in [1.165, 1.54) is 50.6 Å². The summed E-state index contributed by atoms with van der Waals surface area (Å²) in [5.74, 6) is -1.18. The summed E-state index contributed by atoms with van der Waals surface area (Å²) in [4.78, 5) is -0.0905. The molecule has 0 unspecified atom stereocenters. The number of aryl methyl sites for hydroxylation is 2. The highest BCUT2D eigenvalue weighted by Gasteiger charge is 2.22. The lowest BCUT2D eigenvalue weighted by Crippen LogP contribution is -2.15. The SMILES string of the molecule is COCCS(=O)(=O)c1cc(OC)c(N=Nc2c(C)nn(-c3ccc(S(=O)(=O)CCOS(=O)(=O)O)cc3)c2O)cc1C. The second-order valence-corrected chi connectivity index (χ2v) is 13.8. The van der Waals surface area contributed by atoms with Gasteiger partial charge in [-0.3, -0.25) is 4.55 Å². The van der Waals surface area contributed by atoms with Crippen molar-refractivity contribution in [3.8, 4) is 17.3 Å². The van der Waals surface area contributed by atoms with Gasteiger partial charge in [-0.25, -0.2) is 21.0 Å². The van der Waals surface area contributed by atoms with E-state index >= 15 is 0 Å². The first-order valence-electron chi connectivity index (χ1n) is 11.7. The van der Waals surface area contributed by atoms with Crippen LogP contribution in [0.2, 0.25) is 0 Å². The number of methoxy groups -OCH3 is 2. The van der Waals surface area contributed by atoms with Crippen LogP contribution in [0, 0.1) is 13.8 Å². The van der Waals surface area contributed by atoms with Crippen LogP contribution in [0.3, 0.4) is 0 Å². The first-order chi connectivity index (χ1) is 19.1. The molecule has 18 heteroatoms. The number of aromatic hydroxyl groups is 1. The lowest BCUT2D eigenvalue weighted by atomic mass is 10.2. The van der Waals surface area contributed by atoms with Crippen LogP contribution in [-0.4, -0.2) is 83.6 Å². The third kappa shape index (κ3) is 7.86. The molecule has 0 aliphatic heterocycles. The normalized spacial score (nSPS) is 12.7. The van der Waals surface area contributed by atoms with Crippen molar-refractivity contribution in [2.24, 2.45) is 10.2 Å². The molecule has 0 bridgehead atoms. The van der Waals surface area contributed by atoms with Crippen LogP contribution >= 0.6 is 0 Å². The zero-order valence-electron chi connectivity index (χ0n) is 22.4. The molecule has 0 spiro atoms. The highest BCUT2D eigenvalue weighted by molar-refractivity contribution is 7.91. The number of rotatable bonds is 13. The minimum atomic E-state index is -4.77. The molecule has 0 fully saturated rings. The van der Waals surface area contributed by atoms with Crippen molar-refractivity contribution in [3.63, 3.8) is 0 Å². The molecule has 3 rings (SSSR count). The molecular weight excluding hydrogens is 604 g/mol. The Kier molecular flexibility index (Phi) is 9.88. The Hall–Kier alpha value is -3.42. The van der Waals surface area contributed by atoms with Gasteiger partial charge in [0.25, 0.3) is 0 Å². The van der Waals surface area contributed by atoms with Crippen molar-refractivity contribution in [3.05, 3.63) is 47.7 Å². The van der Waals surface area contributed by atoms with E-state index in [-0.39, 0.29) is 50.7 Å². The van der Waals surface area contributed by atoms with Gasteiger partial charge in [0, 0.05) is 13.2 Å². The molecule has 3 aromatic rings. The average Bonchev–Trinajstić information content (AvgIpc) is 3.18. The van der Waals surface area contributed by atoms with Crippen LogP contribution in [0.1, 0.15) is 11.3 Å². The number of benzene rings is 2. The number of azo groups is 1. The monoisotopic (exact) mass is 632 g/mol. The van der Waals surface area contributed by atoms with Crippen LogP contribution in [0.15, 0.2) is 56.4 Å². The highest BCUT2D eigenvalue weighted by atomic mass is 32.3. The van der Waals surface area contributed by atoms with Crippen LogP contribution in [-0.2, 0) is 39.0 Å². The summed E-state index contributed by atoms with van der Waals surface area (Å²) in [5.41, 5.74) is 1.17. The van der Waals surface area contributed by atoms with Gasteiger partial charge < -0.3 is 14.6 Å². The molecule has 0 aliphatic rings. The van der Waals surface area contributed by atoms with Gasteiger partial charge in [-0.05, 0) is 49.7 Å². The number of ether oxygens (including phenoxy) is 2. The highest BCUT2D eigenvalue weighted by Crippen LogP contribution is 2.37. The maximum absolute atomic E-state index is 12.7. The van der Waals surface area contributed by atoms with Crippen molar-refractivity contribution < 1.29 is 48.6 Å². The standard InChI is InChI=1S/C23H28N4O11S3/c1-15-13-19(20(37-4)14-21(15)40(31,32)11-9-36-3)24-25-22-16(2)26-27(23(22)28)17-5-7-18(8-6-17)39(29,30)12-10-38-41(33,34)35/h5-8,13-14,28H,9-12H2,1-4H3,(H,33,34,35). The second-order valence-electron chi connectivity index (χ2n) is 8.53. The van der Waals surface area contributed by atoms with Gasteiger partial charge in [-0.15, -0.1) is 10.2 Å². The summed E-state index contributed by atoms with van der Waals surface area (Å²) in [6.45, 7) is 2.42. The van der Waals surface area contributed by atoms with E-state index in [4.69, 9.17) is 14.0 Å². The van der Waals surface area contributed by atoms with E-state index in [0.717, 1.165) is 4.68 Å². The molecule has 0 aliphatic carbocycles. The van der Waals surface area contributed by atoms with E-state index in [0.29, 0.717) is 5.56 Å². The predicted octanol–water partition coefficient (Wildman–Crippen LogP) is 2.63. The van der Waals surface area contributed by atoms with Crippen LogP contribution < -0.4 is 4.74 Å². The Bertz CT molecular complexity index is 1770. The number of hydrogen-bond donors (Lipinski definition) is 2. The Labute approximate surface area is 237 Å². The minimum absolute atomic E-state index is 0.000517. The van der Waals surface area contributed by atoms with E-state index in [2.05, 4.69) is 19.5 Å². The molecule has 2 aromatic carbocycles. The maximum Gasteiger partial charge on any atom is 0.397 e. The van der Waals surface area contributed by atoms with Crippen LogP contribution in [0.5, 0.6) is 11.6 Å². The van der Waals surface area contributed by atoms with Crippen molar-refractivity contribution in [1.82, 2.24) is 9.78 Å². The maximum atomic E-state index is 12.7. The van der Waals surface area contributed by atoms with E-state index in [1.54, 1.807) is 13.8 Å². The summed E-state index contributed by atoms with van der Waals surface area (Å²) in [6.07, 6.45) is 0. The number of aromatic nitrogens is 2. The summed E-state index contributed by atoms with van der Waals surface area (Å²) in [5, 5.41) is 23.2. The first-order valence-corrected chi connectivity index (χ1v) is 16.3. The predicted molar refractivity (Wildman–Crippen MR) is 145 cm³/mol. The summed E-state index contributed by atoms with van der Waals surface area (Å²) in [7, 11) is -9.61. The molecule has 0 amide bonds. The Balaban J connectivity index is 1.88. The van der Waals surface area contributed by atoms with Crippen molar-refractivity contribution in [2.45, 2.75) is 23.6 Å². The van der Waals surface area contributed by atoms with Crippen molar-refractivity contribution in [2.75, 3.05) is 38.9 Å². The fourth-order valence-corrected chi connectivity index (χ4v) is 6.53. The summed E-state index contributed by atoms with van der Waals surface area (Å²) >= 11 is 0. The Morgan fingerprint density at radius 2 is 1.54 bits per heavy atom. The Morgan fingerprint density at radius 1 is 0.902 bits per heavy atom. The van der Waals surface area contributed by atoms with Gasteiger partial charge in [0.05, 0.1) is 53.0 Å². The fraction of sp³-hybridized carbons (Fsp3) is 0.348. The largest absolute Gasteiger partial charge is 0.494 e. The smallest absolute Gasteiger partial charge is 0.397 e. The van der Waals surface area contributed by atoms with Gasteiger partial charge in [0.1, 0.15) is 11.4 Å². The first kappa shape index (κ1) is 32.1. The van der Waals surface area contributed by atoms with E-state index in [1.807, 2.05) is 0 Å². The van der Waals surface area contributed by atoms with Crippen molar-refractivity contribution in [1.29, 1.82) is 0 Å². The van der Waals surface area contributed by atoms with E-state index < -0.39 is 48.3 Å². The molecule has 0 saturated heterocycles. The molecule has 0 atom stereocenters. The van der Waals surface area contributed by atoms with Gasteiger partial charge in [0.15, 0.2) is 25.4 Å². The number of nitrogens with zero attached hydrogens (tertiary/aromatic N) is 4. The van der Waals surface area contributed by atoms with Crippen LogP contribution in [0.25, 0.3) is 5.69 Å². The molecule has 15 nitrogen and oxygen atoms in total. The lowest BCUT2D eigenvalue weighted by Gasteiger charge is -2.11. The van der Waals surface area contributed by atoms with Crippen LogP contribution in [0.4, 0.5) is 11.4 Å². The topological polar surface area (TPSA) is 213 Å². The van der Waals surface area contributed by atoms with E-state index in [9.17, 15) is 30.4 Å². The molecule has 0 radical (unpaired) electrons. The molecule has 1 heterocycles. The fourth-order valence-electron chi connectivity index (χ4n) is 3.60. The molecule has 2 N–H and O–H groups in total. The summed E-state index contributed by atoms with van der Waals surface area (Å²) in [6, 6.07) is 8.00. The quantitative estimate of drug-likeness (QED) is 0.206. The Morgan fingerprint density at radius 3 is 2.12 bits per heavy atom. The number of sulfone groups is 2. The molecule has 41 heavy (non-hydrogen) atoms. The molecule has 0 saturated carbocycles. The zero-order chi connectivity index (χ0) is 30.6. The van der Waals surface area contributed by atoms with Gasteiger partial charge in [0.2, 0.25) is 5.88 Å². The third-order valence-electron chi connectivity index (χ3n) is 5.66. The minimum Gasteiger partial charge on any atom is -0.494 e. The molecule has 224 valence electrons. The summed E-state index contributed by atoms with van der Waals surface area (Å²) < 4.78 is 95.3. The molecular formula is C23H28N4O11S3. The molecule has 1 aromatic heterocycles. The zero-order valence-corrected chi connectivity index (χ0v) is 24.8. The van der Waals surface area contributed by atoms with Crippen molar-refractivity contribution >= 4 is 41.4 Å². The van der Waals surface area contributed by atoms with Gasteiger partial charge >= 0.3 is 10.4 Å². The average molecular weight is 633 g/mol. The van der Waals surface area contributed by atoms with Gasteiger partial charge in [-0.1, -0.05) is 0 Å². The number of hydrogen-bond acceptors (Lipinski definition) is 13. The third-order valence-corrected chi connectivity index (χ3v) is 9.63.